The minimum absolute atomic E-state index is 0.0940. The van der Waals surface area contributed by atoms with Crippen LogP contribution in [0.25, 0.3) is 0 Å². The van der Waals surface area contributed by atoms with Gasteiger partial charge in [0.25, 0.3) is 0 Å². The summed E-state index contributed by atoms with van der Waals surface area (Å²) in [6.07, 6.45) is -5.96. The molecule has 1 aromatic rings. The average Bonchev–Trinajstić information content (AvgIpc) is 3.54. The van der Waals surface area contributed by atoms with E-state index in [1.165, 1.54) is 11.9 Å². The van der Waals surface area contributed by atoms with Gasteiger partial charge in [-0.15, -0.1) is 0 Å². The van der Waals surface area contributed by atoms with Gasteiger partial charge in [-0.05, 0) is 49.8 Å². The first-order valence-corrected chi connectivity index (χ1v) is 14.7. The summed E-state index contributed by atoms with van der Waals surface area (Å²) in [6, 6.07) is 4.40. The molecule has 0 radical (unpaired) electrons. The average molecular weight is 642 g/mol. The molecule has 3 amide bonds. The van der Waals surface area contributed by atoms with Crippen molar-refractivity contribution in [1.82, 2.24) is 14.7 Å². The first-order valence-electron chi connectivity index (χ1n) is 13.9. The molecule has 2 aliphatic heterocycles. The van der Waals surface area contributed by atoms with Crippen LogP contribution in [0.4, 0.5) is 26.7 Å². The first kappa shape index (κ1) is 32.6. The SMILES string of the molecule is CN(C(=O)OCCCC(F)(F)C(F)(F)F)C1CN(C(=O)C2CCN(C(=O)C3(C)CC3)CC2)C[C@@H]1c1ccc(Cl)c(Cl)c1. The molecule has 42 heavy (non-hydrogen) atoms. The van der Waals surface area contributed by atoms with E-state index in [1.807, 2.05) is 11.8 Å². The number of carbonyl (C=O) groups excluding carboxylic acids is 3. The van der Waals surface area contributed by atoms with Crippen molar-refractivity contribution in [2.75, 3.05) is 39.8 Å². The third kappa shape index (κ3) is 7.06. The predicted molar refractivity (Wildman–Crippen MR) is 146 cm³/mol. The number of halogens is 7. The predicted octanol–water partition coefficient (Wildman–Crippen LogP) is 6.37. The molecule has 2 saturated heterocycles. The maximum atomic E-state index is 13.6. The maximum Gasteiger partial charge on any atom is 0.453 e. The Morgan fingerprint density at radius 2 is 1.67 bits per heavy atom. The molecule has 0 N–H and O–H groups in total. The Hall–Kier alpha value is -2.34. The van der Waals surface area contributed by atoms with Crippen LogP contribution >= 0.6 is 23.2 Å². The largest absolute Gasteiger partial charge is 0.453 e. The van der Waals surface area contributed by atoms with Gasteiger partial charge in [0.15, 0.2) is 0 Å². The fourth-order valence-corrected chi connectivity index (χ4v) is 5.94. The van der Waals surface area contributed by atoms with E-state index in [-0.39, 0.29) is 41.3 Å². The van der Waals surface area contributed by atoms with Gasteiger partial charge in [-0.2, -0.15) is 22.0 Å². The van der Waals surface area contributed by atoms with Crippen LogP contribution < -0.4 is 0 Å². The Labute approximate surface area is 251 Å². The summed E-state index contributed by atoms with van der Waals surface area (Å²) in [4.78, 5) is 43.8. The van der Waals surface area contributed by atoms with Gasteiger partial charge in [0.2, 0.25) is 11.8 Å². The fraction of sp³-hybridized carbons (Fsp3) is 0.679. The molecule has 1 saturated carbocycles. The summed E-state index contributed by atoms with van der Waals surface area (Å²) in [5.41, 5.74) is 0.442. The van der Waals surface area contributed by atoms with Gasteiger partial charge in [-0.1, -0.05) is 36.2 Å². The summed E-state index contributed by atoms with van der Waals surface area (Å²) in [5, 5.41) is 0.614. The molecule has 234 valence electrons. The number of benzene rings is 1. The van der Waals surface area contributed by atoms with Gasteiger partial charge in [-0.25, -0.2) is 4.79 Å². The highest BCUT2D eigenvalue weighted by atomic mass is 35.5. The fourth-order valence-electron chi connectivity index (χ4n) is 5.63. The summed E-state index contributed by atoms with van der Waals surface area (Å²) in [7, 11) is 1.43. The van der Waals surface area contributed by atoms with E-state index >= 15 is 0 Å². The Bertz CT molecular complexity index is 1190. The lowest BCUT2D eigenvalue weighted by Gasteiger charge is -2.34. The number of likely N-dealkylation sites (N-methyl/N-ethyl adjacent to an activating group) is 1. The van der Waals surface area contributed by atoms with Crippen LogP contribution in [0.15, 0.2) is 18.2 Å². The lowest BCUT2D eigenvalue weighted by Crippen LogP contribution is -2.46. The molecule has 1 unspecified atom stereocenters. The van der Waals surface area contributed by atoms with Gasteiger partial charge in [0.05, 0.1) is 22.7 Å². The molecule has 2 atom stereocenters. The van der Waals surface area contributed by atoms with E-state index in [4.69, 9.17) is 27.9 Å². The molecular weight excluding hydrogens is 608 g/mol. The number of hydrogen-bond acceptors (Lipinski definition) is 4. The first-order chi connectivity index (χ1) is 19.5. The molecule has 4 rings (SSSR count). The molecule has 0 bridgehead atoms. The molecule has 7 nitrogen and oxygen atoms in total. The monoisotopic (exact) mass is 641 g/mol. The molecule has 3 aliphatic rings. The Balaban J connectivity index is 1.40. The highest BCUT2D eigenvalue weighted by molar-refractivity contribution is 6.42. The van der Waals surface area contributed by atoms with Crippen molar-refractivity contribution in [2.24, 2.45) is 11.3 Å². The zero-order chi connectivity index (χ0) is 31.0. The van der Waals surface area contributed by atoms with Crippen molar-refractivity contribution >= 4 is 41.1 Å². The second-order valence-corrected chi connectivity index (χ2v) is 12.6. The van der Waals surface area contributed by atoms with E-state index < -0.39 is 49.6 Å². The molecule has 3 fully saturated rings. The smallest absolute Gasteiger partial charge is 0.449 e. The second-order valence-electron chi connectivity index (χ2n) is 11.7. The lowest BCUT2D eigenvalue weighted by atomic mass is 9.93. The number of ether oxygens (including phenoxy) is 1. The number of alkyl halides is 5. The van der Waals surface area contributed by atoms with Crippen molar-refractivity contribution in [3.63, 3.8) is 0 Å². The van der Waals surface area contributed by atoms with Crippen LogP contribution in [0.5, 0.6) is 0 Å². The third-order valence-corrected chi connectivity index (χ3v) is 9.42. The number of hydrogen-bond donors (Lipinski definition) is 0. The topological polar surface area (TPSA) is 70.2 Å². The normalized spacial score (nSPS) is 22.7. The molecule has 14 heteroatoms. The minimum Gasteiger partial charge on any atom is -0.449 e. The zero-order valence-corrected chi connectivity index (χ0v) is 24.9. The highest BCUT2D eigenvalue weighted by Gasteiger charge is 2.56. The van der Waals surface area contributed by atoms with Crippen LogP contribution in [-0.4, -0.2) is 90.6 Å². The number of nitrogens with zero attached hydrogens (tertiary/aromatic N) is 3. The van der Waals surface area contributed by atoms with E-state index in [0.717, 1.165) is 12.8 Å². The van der Waals surface area contributed by atoms with Gasteiger partial charge < -0.3 is 19.4 Å². The number of piperidine rings is 1. The Morgan fingerprint density at radius 3 is 2.24 bits per heavy atom. The Kier molecular flexibility index (Phi) is 9.57. The van der Waals surface area contributed by atoms with Gasteiger partial charge in [0.1, 0.15) is 0 Å². The van der Waals surface area contributed by atoms with Gasteiger partial charge >= 0.3 is 18.2 Å². The molecule has 2 heterocycles. The number of rotatable bonds is 8. The number of amides is 3. The van der Waals surface area contributed by atoms with E-state index in [2.05, 4.69) is 0 Å². The summed E-state index contributed by atoms with van der Waals surface area (Å²) in [5.74, 6) is -5.52. The lowest BCUT2D eigenvalue weighted by molar-refractivity contribution is -0.284. The standard InChI is InChI=1S/C28H34Cl2F5N3O4/c1-26(9-10-26)24(40)37-11-6-17(7-12-37)23(39)38-15-19(18-4-5-20(29)21(30)14-18)22(16-38)36(2)25(41)42-13-3-8-27(31,32)28(33,34)35/h4-5,14,17,19,22H,3,6-13,15-16H2,1-2H3/t19-,22?/m1/s1. The molecule has 1 aliphatic carbocycles. The maximum absolute atomic E-state index is 13.6. The summed E-state index contributed by atoms with van der Waals surface area (Å²) < 4.78 is 68.7. The second kappa shape index (κ2) is 12.3. The van der Waals surface area contributed by atoms with Crippen molar-refractivity contribution < 1.29 is 41.1 Å². The molecule has 0 aromatic heterocycles. The minimum atomic E-state index is -5.68. The molecule has 0 spiro atoms. The number of carbonyl (C=O) groups is 3. The van der Waals surface area contributed by atoms with Gasteiger partial charge in [-0.3, -0.25) is 9.59 Å². The van der Waals surface area contributed by atoms with Crippen LogP contribution in [0.1, 0.15) is 56.9 Å². The van der Waals surface area contributed by atoms with E-state index in [1.54, 1.807) is 23.1 Å². The number of likely N-dealkylation sites (tertiary alicyclic amines) is 2. The van der Waals surface area contributed by atoms with Crippen molar-refractivity contribution in [1.29, 1.82) is 0 Å². The van der Waals surface area contributed by atoms with Gasteiger partial charge in [0, 0.05) is 56.9 Å². The van der Waals surface area contributed by atoms with Crippen LogP contribution in [0.2, 0.25) is 10.0 Å². The Morgan fingerprint density at radius 1 is 1.02 bits per heavy atom. The van der Waals surface area contributed by atoms with Crippen LogP contribution in [-0.2, 0) is 14.3 Å². The van der Waals surface area contributed by atoms with E-state index in [9.17, 15) is 36.3 Å². The van der Waals surface area contributed by atoms with Crippen molar-refractivity contribution in [3.8, 4) is 0 Å². The quantitative estimate of drug-likeness (QED) is 0.244. The molecule has 1 aromatic carbocycles. The van der Waals surface area contributed by atoms with Crippen molar-refractivity contribution in [2.45, 2.75) is 69.5 Å². The third-order valence-electron chi connectivity index (χ3n) is 8.68. The summed E-state index contributed by atoms with van der Waals surface area (Å²) >= 11 is 12.3. The van der Waals surface area contributed by atoms with Crippen LogP contribution in [0.3, 0.4) is 0 Å². The highest BCUT2D eigenvalue weighted by Crippen LogP contribution is 2.47. The van der Waals surface area contributed by atoms with Crippen LogP contribution in [0, 0.1) is 11.3 Å². The van der Waals surface area contributed by atoms with Crippen molar-refractivity contribution in [3.05, 3.63) is 33.8 Å². The zero-order valence-electron chi connectivity index (χ0n) is 23.4. The molecular formula is C28H34Cl2F5N3O4. The van der Waals surface area contributed by atoms with E-state index in [0.29, 0.717) is 36.5 Å². The summed E-state index contributed by atoms with van der Waals surface area (Å²) in [6.45, 7) is 2.74.